The quantitative estimate of drug-likeness (QED) is 0.782. The molecular weight excluding hydrogens is 277 g/mol. The Hall–Kier alpha value is -1.33. The fourth-order valence-corrected chi connectivity index (χ4v) is 2.00. The van der Waals surface area contributed by atoms with Gasteiger partial charge in [-0.15, -0.1) is 0 Å². The van der Waals surface area contributed by atoms with Gasteiger partial charge in [0.25, 0.3) is 5.91 Å². The molecule has 0 unspecified atom stereocenters. The van der Waals surface area contributed by atoms with E-state index in [4.69, 9.17) is 4.65 Å². The first-order valence-electron chi connectivity index (χ1n) is 7.87. The first-order valence-corrected chi connectivity index (χ1v) is 7.87. The van der Waals surface area contributed by atoms with E-state index in [1.165, 1.54) is 0 Å². The molecule has 1 fully saturated rings. The molecule has 0 atom stereocenters. The van der Waals surface area contributed by atoms with E-state index in [-0.39, 0.29) is 5.91 Å². The SMILES string of the molecule is Cc1cc(BOC(C)(C)C(C)(C)O)ccc1C(=O)NC1CC1. The van der Waals surface area contributed by atoms with Crippen molar-refractivity contribution in [3.8, 4) is 0 Å². The summed E-state index contributed by atoms with van der Waals surface area (Å²) in [5.41, 5.74) is 1.09. The maximum absolute atomic E-state index is 12.1. The Balaban J connectivity index is 2.01. The summed E-state index contributed by atoms with van der Waals surface area (Å²) >= 11 is 0. The number of hydrogen-bond donors (Lipinski definition) is 2. The molecule has 0 saturated heterocycles. The van der Waals surface area contributed by atoms with Crippen LogP contribution in [0.15, 0.2) is 18.2 Å². The summed E-state index contributed by atoms with van der Waals surface area (Å²) in [6.45, 7) is 9.16. The molecule has 1 aromatic carbocycles. The van der Waals surface area contributed by atoms with Crippen molar-refractivity contribution in [1.82, 2.24) is 5.32 Å². The normalized spacial score (nSPS) is 15.5. The standard InChI is InChI=1S/C17H26BNO3/c1-11-10-12(18-22-17(4,5)16(2,3)21)6-9-14(11)15(20)19-13-7-8-13/h6,9-10,13,18,21H,7-8H2,1-5H3,(H,19,20). The Morgan fingerprint density at radius 2 is 1.95 bits per heavy atom. The van der Waals surface area contributed by atoms with E-state index < -0.39 is 11.2 Å². The van der Waals surface area contributed by atoms with Crippen molar-refractivity contribution in [3.63, 3.8) is 0 Å². The van der Waals surface area contributed by atoms with Gasteiger partial charge in [-0.25, -0.2) is 0 Å². The number of aliphatic hydroxyl groups is 1. The van der Waals surface area contributed by atoms with E-state index in [9.17, 15) is 9.90 Å². The summed E-state index contributed by atoms with van der Waals surface area (Å²) in [6, 6.07) is 6.10. The van der Waals surface area contributed by atoms with Crippen LogP contribution in [-0.4, -0.2) is 35.7 Å². The summed E-state index contributed by atoms with van der Waals surface area (Å²) in [4.78, 5) is 12.1. The molecule has 0 bridgehead atoms. The minimum Gasteiger partial charge on any atom is -0.427 e. The van der Waals surface area contributed by atoms with E-state index in [1.54, 1.807) is 13.8 Å². The van der Waals surface area contributed by atoms with Gasteiger partial charge in [0.15, 0.2) is 0 Å². The van der Waals surface area contributed by atoms with Gasteiger partial charge in [0, 0.05) is 11.6 Å². The van der Waals surface area contributed by atoms with Crippen molar-refractivity contribution in [1.29, 1.82) is 0 Å². The highest BCUT2D eigenvalue weighted by molar-refractivity contribution is 6.47. The number of nitrogens with one attached hydrogen (secondary N) is 1. The average Bonchev–Trinajstić information content (AvgIpc) is 3.19. The summed E-state index contributed by atoms with van der Waals surface area (Å²) in [6.07, 6.45) is 2.17. The number of carbonyl (C=O) groups is 1. The van der Waals surface area contributed by atoms with Crippen molar-refractivity contribution in [3.05, 3.63) is 29.3 Å². The Kier molecular flexibility index (Phi) is 4.69. The number of amides is 1. The molecule has 2 rings (SSSR count). The molecule has 0 aromatic heterocycles. The number of benzene rings is 1. The van der Waals surface area contributed by atoms with Crippen LogP contribution in [0.2, 0.25) is 0 Å². The molecule has 1 aromatic rings. The van der Waals surface area contributed by atoms with Gasteiger partial charge in [-0.3, -0.25) is 4.79 Å². The molecule has 0 spiro atoms. The molecule has 0 heterocycles. The maximum Gasteiger partial charge on any atom is 0.309 e. The zero-order valence-corrected chi connectivity index (χ0v) is 14.2. The van der Waals surface area contributed by atoms with E-state index >= 15 is 0 Å². The fourth-order valence-electron chi connectivity index (χ4n) is 2.00. The smallest absolute Gasteiger partial charge is 0.309 e. The van der Waals surface area contributed by atoms with Crippen LogP contribution < -0.4 is 10.8 Å². The van der Waals surface area contributed by atoms with Gasteiger partial charge in [-0.05, 0) is 59.1 Å². The minimum absolute atomic E-state index is 0.00397. The summed E-state index contributed by atoms with van der Waals surface area (Å²) < 4.78 is 5.86. The van der Waals surface area contributed by atoms with Gasteiger partial charge in [-0.2, -0.15) is 0 Å². The molecule has 0 radical (unpaired) electrons. The van der Waals surface area contributed by atoms with Crippen molar-refractivity contribution < 1.29 is 14.6 Å². The predicted molar refractivity (Wildman–Crippen MR) is 89.9 cm³/mol. The van der Waals surface area contributed by atoms with E-state index in [2.05, 4.69) is 5.32 Å². The van der Waals surface area contributed by atoms with E-state index in [0.717, 1.165) is 29.4 Å². The Labute approximate surface area is 133 Å². The second kappa shape index (κ2) is 6.05. The van der Waals surface area contributed by atoms with Crippen LogP contribution in [0.1, 0.15) is 56.5 Å². The fraction of sp³-hybridized carbons (Fsp3) is 0.588. The van der Waals surface area contributed by atoms with Crippen molar-refractivity contribution in [2.24, 2.45) is 0 Å². The highest BCUT2D eigenvalue weighted by Gasteiger charge is 2.35. The Morgan fingerprint density at radius 1 is 1.32 bits per heavy atom. The second-order valence-electron chi connectivity index (χ2n) is 7.26. The highest BCUT2D eigenvalue weighted by Crippen LogP contribution is 2.24. The van der Waals surface area contributed by atoms with E-state index in [0.29, 0.717) is 13.5 Å². The van der Waals surface area contributed by atoms with Crippen LogP contribution in [-0.2, 0) is 4.65 Å². The van der Waals surface area contributed by atoms with Crippen LogP contribution in [0.25, 0.3) is 0 Å². The molecule has 1 amide bonds. The largest absolute Gasteiger partial charge is 0.427 e. The van der Waals surface area contributed by atoms with E-state index in [1.807, 2.05) is 39.0 Å². The molecule has 0 aliphatic heterocycles. The van der Waals surface area contributed by atoms with Crippen LogP contribution in [0, 0.1) is 6.92 Å². The zero-order chi connectivity index (χ0) is 16.5. The monoisotopic (exact) mass is 303 g/mol. The lowest BCUT2D eigenvalue weighted by Crippen LogP contribution is -2.49. The Bertz CT molecular complexity index is 560. The zero-order valence-electron chi connectivity index (χ0n) is 14.2. The van der Waals surface area contributed by atoms with Crippen molar-refractivity contribution in [2.45, 2.75) is 64.7 Å². The Morgan fingerprint density at radius 3 is 2.45 bits per heavy atom. The molecule has 1 aliphatic carbocycles. The first kappa shape index (κ1) is 17.0. The molecule has 1 saturated carbocycles. The third-order valence-corrected chi connectivity index (χ3v) is 4.52. The maximum atomic E-state index is 12.1. The summed E-state index contributed by atoms with van der Waals surface area (Å²) in [5.74, 6) is 0.00397. The third kappa shape index (κ3) is 4.11. The van der Waals surface area contributed by atoms with Crippen LogP contribution in [0.5, 0.6) is 0 Å². The lowest BCUT2D eigenvalue weighted by atomic mass is 9.81. The number of carbonyl (C=O) groups excluding carboxylic acids is 1. The van der Waals surface area contributed by atoms with Gasteiger partial charge in [-0.1, -0.05) is 17.6 Å². The molecule has 4 nitrogen and oxygen atoms in total. The highest BCUT2D eigenvalue weighted by atomic mass is 16.5. The van der Waals surface area contributed by atoms with Crippen LogP contribution in [0.4, 0.5) is 0 Å². The first-order chi connectivity index (χ1) is 10.1. The van der Waals surface area contributed by atoms with Gasteiger partial charge in [0.1, 0.15) is 0 Å². The number of hydrogen-bond acceptors (Lipinski definition) is 3. The van der Waals surface area contributed by atoms with Crippen molar-refractivity contribution >= 4 is 18.9 Å². The van der Waals surface area contributed by atoms with Crippen LogP contribution >= 0.6 is 0 Å². The predicted octanol–water partition coefficient (Wildman–Crippen LogP) is 1.43. The molecule has 22 heavy (non-hydrogen) atoms. The van der Waals surface area contributed by atoms with Gasteiger partial charge in [0.05, 0.1) is 11.2 Å². The lowest BCUT2D eigenvalue weighted by molar-refractivity contribution is -0.0893. The van der Waals surface area contributed by atoms with Crippen molar-refractivity contribution in [2.75, 3.05) is 0 Å². The number of aryl methyl sites for hydroxylation is 1. The lowest BCUT2D eigenvalue weighted by Gasteiger charge is -2.37. The minimum atomic E-state index is -0.924. The van der Waals surface area contributed by atoms with Gasteiger partial charge in [0.2, 0.25) is 0 Å². The number of rotatable bonds is 6. The third-order valence-electron chi connectivity index (χ3n) is 4.52. The van der Waals surface area contributed by atoms with Gasteiger partial charge >= 0.3 is 7.48 Å². The molecule has 1 aliphatic rings. The molecule has 2 N–H and O–H groups in total. The summed E-state index contributed by atoms with van der Waals surface area (Å²) in [7, 11) is 0.405. The van der Waals surface area contributed by atoms with Crippen LogP contribution in [0.3, 0.4) is 0 Å². The molecule has 120 valence electrons. The van der Waals surface area contributed by atoms with Gasteiger partial charge < -0.3 is 15.1 Å². The average molecular weight is 303 g/mol. The second-order valence-corrected chi connectivity index (χ2v) is 7.26. The summed E-state index contributed by atoms with van der Waals surface area (Å²) in [5, 5.41) is 13.1. The topological polar surface area (TPSA) is 58.6 Å². The molecule has 5 heteroatoms. The molecular formula is C17H26BNO3.